The molecule has 1 atom stereocenters. The lowest BCUT2D eigenvalue weighted by Gasteiger charge is -2.29. The fourth-order valence-corrected chi connectivity index (χ4v) is 6.84. The highest BCUT2D eigenvalue weighted by atomic mass is 16.3. The lowest BCUT2D eigenvalue weighted by atomic mass is 9.91. The number of nitrogens with zero attached hydrogens (tertiary/aromatic N) is 2. The second kappa shape index (κ2) is 10.8. The second-order valence-corrected chi connectivity index (χ2v) is 11.7. The van der Waals surface area contributed by atoms with Crippen LogP contribution in [0, 0.1) is 0 Å². The van der Waals surface area contributed by atoms with Crippen molar-refractivity contribution in [3.63, 3.8) is 0 Å². The Morgan fingerprint density at radius 2 is 0.867 bits per heavy atom. The fourth-order valence-electron chi connectivity index (χ4n) is 6.84. The van der Waals surface area contributed by atoms with Gasteiger partial charge in [0.2, 0.25) is 0 Å². The van der Waals surface area contributed by atoms with Gasteiger partial charge in [-0.3, -0.25) is 0 Å². The van der Waals surface area contributed by atoms with Crippen LogP contribution in [-0.2, 0) is 5.60 Å². The molecule has 3 nitrogen and oxygen atoms in total. The predicted octanol–water partition coefficient (Wildman–Crippen LogP) is 11.0. The van der Waals surface area contributed by atoms with E-state index in [0.717, 1.165) is 67.2 Å². The minimum Gasteiger partial charge on any atom is -0.381 e. The summed E-state index contributed by atoms with van der Waals surface area (Å²) in [7, 11) is 0. The van der Waals surface area contributed by atoms with E-state index in [4.69, 9.17) is 0 Å². The number of benzene rings is 7. The Morgan fingerprint density at radius 3 is 1.38 bits per heavy atom. The van der Waals surface area contributed by atoms with E-state index in [1.807, 2.05) is 31.2 Å². The SMILES string of the molecule is CC1(O)c2cc(N(c3ccccc3)c3ccccc3)ccc2-c2c1cc(N(c1ccccc1)c1ccccc1)c1ccccc21. The summed E-state index contributed by atoms with van der Waals surface area (Å²) in [4.78, 5) is 4.54. The Balaban J connectivity index is 1.35. The maximum atomic E-state index is 12.5. The van der Waals surface area contributed by atoms with E-state index in [1.54, 1.807) is 0 Å². The molecule has 1 aliphatic carbocycles. The number of rotatable bonds is 6. The highest BCUT2D eigenvalue weighted by molar-refractivity contribution is 6.10. The van der Waals surface area contributed by atoms with Crippen molar-refractivity contribution in [3.8, 4) is 11.1 Å². The largest absolute Gasteiger partial charge is 0.381 e. The summed E-state index contributed by atoms with van der Waals surface area (Å²) in [6, 6.07) is 59.0. The molecule has 45 heavy (non-hydrogen) atoms. The van der Waals surface area contributed by atoms with Crippen molar-refractivity contribution in [2.75, 3.05) is 9.80 Å². The Kier molecular flexibility index (Phi) is 6.48. The molecule has 7 aromatic rings. The second-order valence-electron chi connectivity index (χ2n) is 11.7. The van der Waals surface area contributed by atoms with Gasteiger partial charge >= 0.3 is 0 Å². The van der Waals surface area contributed by atoms with E-state index in [-0.39, 0.29) is 0 Å². The topological polar surface area (TPSA) is 26.7 Å². The van der Waals surface area contributed by atoms with Crippen LogP contribution >= 0.6 is 0 Å². The van der Waals surface area contributed by atoms with Gasteiger partial charge in [-0.05, 0) is 101 Å². The minimum absolute atomic E-state index is 0.903. The lowest BCUT2D eigenvalue weighted by molar-refractivity contribution is 0.107. The minimum atomic E-state index is -1.21. The van der Waals surface area contributed by atoms with Crippen LogP contribution in [0.5, 0.6) is 0 Å². The molecule has 1 unspecified atom stereocenters. The van der Waals surface area contributed by atoms with E-state index in [0.29, 0.717) is 0 Å². The summed E-state index contributed by atoms with van der Waals surface area (Å²) >= 11 is 0. The number of aliphatic hydroxyl groups is 1. The van der Waals surface area contributed by atoms with Gasteiger partial charge in [-0.1, -0.05) is 103 Å². The number of hydrogen-bond donors (Lipinski definition) is 1. The third-order valence-corrected chi connectivity index (χ3v) is 8.90. The molecule has 3 heteroatoms. The van der Waals surface area contributed by atoms with Gasteiger partial charge in [0.25, 0.3) is 0 Å². The summed E-state index contributed by atoms with van der Waals surface area (Å²) in [5.41, 5.74) is 9.04. The maximum absolute atomic E-state index is 12.5. The smallest absolute Gasteiger partial charge is 0.113 e. The average Bonchev–Trinajstić information content (AvgIpc) is 3.32. The van der Waals surface area contributed by atoms with Crippen LogP contribution in [0.1, 0.15) is 18.1 Å². The van der Waals surface area contributed by atoms with Gasteiger partial charge in [-0.15, -0.1) is 0 Å². The Hall–Kier alpha value is -5.64. The van der Waals surface area contributed by atoms with Gasteiger partial charge in [-0.25, -0.2) is 0 Å². The first-order valence-corrected chi connectivity index (χ1v) is 15.4. The number of anilines is 6. The first kappa shape index (κ1) is 26.9. The van der Waals surface area contributed by atoms with Crippen molar-refractivity contribution in [3.05, 3.63) is 181 Å². The van der Waals surface area contributed by atoms with Crippen LogP contribution in [0.4, 0.5) is 34.1 Å². The van der Waals surface area contributed by atoms with Gasteiger partial charge in [0, 0.05) is 33.8 Å². The van der Waals surface area contributed by atoms with Crippen LogP contribution < -0.4 is 9.80 Å². The summed E-state index contributed by atoms with van der Waals surface area (Å²) in [6.45, 7) is 1.94. The normalized spacial score (nSPS) is 15.0. The van der Waals surface area contributed by atoms with E-state index < -0.39 is 5.60 Å². The molecule has 8 rings (SSSR count). The fraction of sp³-hybridized carbons (Fsp3) is 0.0476. The van der Waals surface area contributed by atoms with Crippen LogP contribution in [0.25, 0.3) is 21.9 Å². The van der Waals surface area contributed by atoms with E-state index >= 15 is 0 Å². The summed E-state index contributed by atoms with van der Waals surface area (Å²) in [5, 5.41) is 14.8. The van der Waals surface area contributed by atoms with Crippen LogP contribution in [0.15, 0.2) is 170 Å². The molecule has 0 heterocycles. The molecular formula is C42H32N2O. The van der Waals surface area contributed by atoms with Gasteiger partial charge in [0.05, 0.1) is 5.69 Å². The molecule has 0 saturated carbocycles. The molecule has 0 aromatic heterocycles. The van der Waals surface area contributed by atoms with Gasteiger partial charge in [0.15, 0.2) is 0 Å². The molecule has 0 aliphatic heterocycles. The molecule has 1 N–H and O–H groups in total. The quantitative estimate of drug-likeness (QED) is 0.212. The molecule has 7 aromatic carbocycles. The van der Waals surface area contributed by atoms with E-state index in [1.165, 1.54) is 0 Å². The molecule has 1 aliphatic rings. The zero-order valence-corrected chi connectivity index (χ0v) is 25.0. The molecular weight excluding hydrogens is 548 g/mol. The summed E-state index contributed by atoms with van der Waals surface area (Å²) in [6.07, 6.45) is 0. The summed E-state index contributed by atoms with van der Waals surface area (Å²) < 4.78 is 0. The number of para-hydroxylation sites is 4. The third kappa shape index (κ3) is 4.48. The molecule has 0 fully saturated rings. The zero-order chi connectivity index (χ0) is 30.4. The number of hydrogen-bond acceptors (Lipinski definition) is 3. The van der Waals surface area contributed by atoms with Crippen LogP contribution in [0.3, 0.4) is 0 Å². The monoisotopic (exact) mass is 580 g/mol. The maximum Gasteiger partial charge on any atom is 0.113 e. The van der Waals surface area contributed by atoms with Crippen molar-refractivity contribution in [2.24, 2.45) is 0 Å². The first-order chi connectivity index (χ1) is 22.1. The molecule has 0 amide bonds. The third-order valence-electron chi connectivity index (χ3n) is 8.90. The highest BCUT2D eigenvalue weighted by Crippen LogP contribution is 2.54. The van der Waals surface area contributed by atoms with Crippen molar-refractivity contribution in [1.82, 2.24) is 0 Å². The highest BCUT2D eigenvalue weighted by Gasteiger charge is 2.40. The molecule has 0 bridgehead atoms. The van der Waals surface area contributed by atoms with E-state index in [9.17, 15) is 5.11 Å². The van der Waals surface area contributed by atoms with E-state index in [2.05, 4.69) is 155 Å². The summed E-state index contributed by atoms with van der Waals surface area (Å²) in [5.74, 6) is 0. The van der Waals surface area contributed by atoms with Crippen LogP contribution in [0.2, 0.25) is 0 Å². The first-order valence-electron chi connectivity index (χ1n) is 15.4. The number of fused-ring (bicyclic) bond motifs is 5. The standard InChI is InChI=1S/C42H32N2O/c1-42(45)38-28-34(43(30-16-6-2-7-17-30)31-18-8-3-9-19-31)26-27-37(38)41-36-25-15-14-24-35(36)40(29-39(41)42)44(32-20-10-4-11-21-32)33-22-12-5-13-23-33/h2-29,45H,1H3. The molecule has 0 spiro atoms. The zero-order valence-electron chi connectivity index (χ0n) is 25.0. The Morgan fingerprint density at radius 1 is 0.422 bits per heavy atom. The van der Waals surface area contributed by atoms with Crippen LogP contribution in [-0.4, -0.2) is 5.11 Å². The molecule has 216 valence electrons. The van der Waals surface area contributed by atoms with Crippen molar-refractivity contribution in [1.29, 1.82) is 0 Å². The van der Waals surface area contributed by atoms with Crippen molar-refractivity contribution in [2.45, 2.75) is 12.5 Å². The predicted molar refractivity (Wildman–Crippen MR) is 187 cm³/mol. The van der Waals surface area contributed by atoms with Gasteiger partial charge in [-0.2, -0.15) is 0 Å². The lowest BCUT2D eigenvalue weighted by Crippen LogP contribution is -2.21. The Labute approximate surface area is 263 Å². The molecule has 0 radical (unpaired) electrons. The van der Waals surface area contributed by atoms with Gasteiger partial charge < -0.3 is 14.9 Å². The van der Waals surface area contributed by atoms with Crippen molar-refractivity contribution >= 4 is 44.9 Å². The average molecular weight is 581 g/mol. The Bertz CT molecular complexity index is 2050. The molecule has 0 saturated heterocycles. The van der Waals surface area contributed by atoms with Gasteiger partial charge in [0.1, 0.15) is 5.60 Å². The van der Waals surface area contributed by atoms with Crippen molar-refractivity contribution < 1.29 is 5.11 Å².